The molecule has 1 atom stereocenters. The van der Waals surface area contributed by atoms with Gasteiger partial charge in [-0.1, -0.05) is 24.0 Å². The Kier molecular flexibility index (Phi) is 4.67. The predicted molar refractivity (Wildman–Crippen MR) is 82.1 cm³/mol. The first-order valence-electron chi connectivity index (χ1n) is 6.07. The van der Waals surface area contributed by atoms with Crippen molar-refractivity contribution in [2.24, 2.45) is 0 Å². The van der Waals surface area contributed by atoms with E-state index >= 15 is 0 Å². The highest BCUT2D eigenvalue weighted by Crippen LogP contribution is 2.34. The van der Waals surface area contributed by atoms with Crippen molar-refractivity contribution in [3.05, 3.63) is 28.6 Å². The van der Waals surface area contributed by atoms with Crippen LogP contribution in [0.4, 0.5) is 0 Å². The Balaban J connectivity index is 2.29. The summed E-state index contributed by atoms with van der Waals surface area (Å²) in [5, 5.41) is 17.9. The van der Waals surface area contributed by atoms with Gasteiger partial charge in [-0.05, 0) is 19.1 Å². The number of furan rings is 1. The minimum absolute atomic E-state index is 0.00757. The van der Waals surface area contributed by atoms with E-state index in [-0.39, 0.29) is 9.23 Å². The Bertz CT molecular complexity index is 692. The molecule has 0 saturated carbocycles. The fraction of sp³-hybridized carbons (Fsp3) is 0.231. The van der Waals surface area contributed by atoms with E-state index in [0.717, 1.165) is 16.7 Å². The lowest BCUT2D eigenvalue weighted by molar-refractivity contribution is -0.150. The molecule has 1 aromatic heterocycles. The molecule has 116 valence electrons. The van der Waals surface area contributed by atoms with Crippen molar-refractivity contribution >= 4 is 52.2 Å². The molecule has 0 aliphatic carbocycles. The summed E-state index contributed by atoms with van der Waals surface area (Å²) in [5.41, 5.74) is 0. The third-order valence-corrected chi connectivity index (χ3v) is 4.15. The topological polar surface area (TPSA) is 108 Å². The number of nitrogens with zero attached hydrogens (tertiary/aromatic N) is 1. The van der Waals surface area contributed by atoms with Gasteiger partial charge in [0.05, 0.1) is 11.3 Å². The van der Waals surface area contributed by atoms with E-state index in [0.29, 0.717) is 11.5 Å². The van der Waals surface area contributed by atoms with Gasteiger partial charge < -0.3 is 14.6 Å². The number of carboxylic acids is 2. The van der Waals surface area contributed by atoms with Crippen LogP contribution in [0.25, 0.3) is 6.08 Å². The maximum Gasteiger partial charge on any atom is 0.327 e. The number of carbonyl (C=O) groups excluding carboxylic acids is 1. The number of thiocarbonyl (C=S) groups is 1. The second-order valence-corrected chi connectivity index (χ2v) is 6.13. The van der Waals surface area contributed by atoms with Gasteiger partial charge in [-0.25, -0.2) is 4.79 Å². The zero-order valence-corrected chi connectivity index (χ0v) is 12.9. The summed E-state index contributed by atoms with van der Waals surface area (Å²) in [6.07, 6.45) is 0.723. The van der Waals surface area contributed by atoms with E-state index in [2.05, 4.69) is 0 Å². The lowest BCUT2D eigenvalue weighted by Gasteiger charge is -2.21. The van der Waals surface area contributed by atoms with Crippen molar-refractivity contribution in [1.82, 2.24) is 4.90 Å². The molecule has 2 rings (SSSR count). The molecule has 1 aliphatic heterocycles. The quantitative estimate of drug-likeness (QED) is 0.615. The van der Waals surface area contributed by atoms with Gasteiger partial charge in [0.1, 0.15) is 21.9 Å². The average molecular weight is 341 g/mol. The first-order valence-corrected chi connectivity index (χ1v) is 7.30. The number of aryl methyl sites for hydroxylation is 1. The molecule has 1 unspecified atom stereocenters. The lowest BCUT2D eigenvalue weighted by Crippen LogP contribution is -2.45. The first-order chi connectivity index (χ1) is 10.3. The van der Waals surface area contributed by atoms with Gasteiger partial charge in [0, 0.05) is 6.08 Å². The van der Waals surface area contributed by atoms with E-state index in [1.54, 1.807) is 19.1 Å². The summed E-state index contributed by atoms with van der Waals surface area (Å²) in [7, 11) is 0. The molecular weight excluding hydrogens is 330 g/mol. The molecule has 7 nitrogen and oxygen atoms in total. The smallest absolute Gasteiger partial charge is 0.327 e. The fourth-order valence-electron chi connectivity index (χ4n) is 1.86. The number of hydrogen-bond acceptors (Lipinski definition) is 6. The van der Waals surface area contributed by atoms with Crippen LogP contribution in [0.3, 0.4) is 0 Å². The number of carbonyl (C=O) groups is 3. The predicted octanol–water partition coefficient (Wildman–Crippen LogP) is 1.72. The van der Waals surface area contributed by atoms with Crippen molar-refractivity contribution in [3.63, 3.8) is 0 Å². The molecule has 1 fully saturated rings. The molecule has 0 spiro atoms. The maximum atomic E-state index is 12.3. The zero-order valence-electron chi connectivity index (χ0n) is 11.3. The number of thioether (sulfide) groups is 1. The summed E-state index contributed by atoms with van der Waals surface area (Å²) in [6, 6.07) is 1.85. The van der Waals surface area contributed by atoms with Gasteiger partial charge in [-0.15, -0.1) is 0 Å². The monoisotopic (exact) mass is 341 g/mol. The van der Waals surface area contributed by atoms with Crippen LogP contribution >= 0.6 is 24.0 Å². The molecule has 0 bridgehead atoms. The summed E-state index contributed by atoms with van der Waals surface area (Å²) in [6.45, 7) is 1.75. The number of amides is 1. The largest absolute Gasteiger partial charge is 0.481 e. The molecule has 1 amide bonds. The summed E-state index contributed by atoms with van der Waals surface area (Å²) in [5.74, 6) is -2.29. The van der Waals surface area contributed by atoms with Gasteiger partial charge in [-0.3, -0.25) is 14.5 Å². The second-order valence-electron chi connectivity index (χ2n) is 4.45. The van der Waals surface area contributed by atoms with Gasteiger partial charge >= 0.3 is 11.9 Å². The van der Waals surface area contributed by atoms with Gasteiger partial charge in [0.15, 0.2) is 0 Å². The summed E-state index contributed by atoms with van der Waals surface area (Å²) >= 11 is 5.92. The van der Waals surface area contributed by atoms with Crippen LogP contribution in [0.1, 0.15) is 17.9 Å². The van der Waals surface area contributed by atoms with Crippen molar-refractivity contribution in [2.45, 2.75) is 19.4 Å². The number of hydrogen-bond donors (Lipinski definition) is 2. The van der Waals surface area contributed by atoms with Gasteiger partial charge in [-0.2, -0.15) is 0 Å². The first kappa shape index (κ1) is 16.2. The van der Waals surface area contributed by atoms with Crippen LogP contribution in [0, 0.1) is 6.92 Å². The summed E-state index contributed by atoms with van der Waals surface area (Å²) in [4.78, 5) is 35.3. The Labute approximate surface area is 134 Å². The highest BCUT2D eigenvalue weighted by atomic mass is 32.2. The number of carboxylic acid groups (broad SMARTS) is 2. The SMILES string of the molecule is Cc1ccc(/C=C2/SC(=S)N(C(CC(=O)O)C(=O)O)C2=O)o1. The van der Waals surface area contributed by atoms with Crippen molar-refractivity contribution in [1.29, 1.82) is 0 Å². The fourth-order valence-corrected chi connectivity index (χ4v) is 3.20. The summed E-state index contributed by atoms with van der Waals surface area (Å²) < 4.78 is 5.33. The van der Waals surface area contributed by atoms with Gasteiger partial charge in [0.2, 0.25) is 0 Å². The molecule has 2 heterocycles. The molecule has 1 aliphatic rings. The molecule has 2 N–H and O–H groups in total. The third kappa shape index (κ3) is 3.37. The number of rotatable bonds is 5. The van der Waals surface area contributed by atoms with E-state index < -0.39 is 30.3 Å². The highest BCUT2D eigenvalue weighted by molar-refractivity contribution is 8.26. The lowest BCUT2D eigenvalue weighted by atomic mass is 10.2. The van der Waals surface area contributed by atoms with Crippen LogP contribution < -0.4 is 0 Å². The molecule has 22 heavy (non-hydrogen) atoms. The van der Waals surface area contributed by atoms with Crippen molar-refractivity contribution < 1.29 is 29.0 Å². The Morgan fingerprint density at radius 1 is 1.45 bits per heavy atom. The Hall–Kier alpha value is -2.13. The van der Waals surface area contributed by atoms with Crippen LogP contribution in [0.2, 0.25) is 0 Å². The third-order valence-electron chi connectivity index (χ3n) is 2.82. The molecule has 9 heteroatoms. The minimum atomic E-state index is -1.53. The van der Waals surface area contributed by atoms with Crippen LogP contribution in [-0.4, -0.2) is 43.3 Å². The van der Waals surface area contributed by atoms with E-state index in [1.165, 1.54) is 6.08 Å². The highest BCUT2D eigenvalue weighted by Gasteiger charge is 2.41. The zero-order chi connectivity index (χ0) is 16.4. The van der Waals surface area contributed by atoms with Crippen LogP contribution in [0.5, 0.6) is 0 Å². The molecule has 0 aromatic carbocycles. The number of aliphatic carboxylic acids is 2. The Morgan fingerprint density at radius 3 is 2.64 bits per heavy atom. The average Bonchev–Trinajstić information content (AvgIpc) is 2.92. The van der Waals surface area contributed by atoms with Crippen molar-refractivity contribution in [3.8, 4) is 0 Å². The normalized spacial score (nSPS) is 18.0. The molecule has 1 saturated heterocycles. The Morgan fingerprint density at radius 2 is 2.14 bits per heavy atom. The molecule has 1 aromatic rings. The van der Waals surface area contributed by atoms with E-state index in [1.807, 2.05) is 0 Å². The van der Waals surface area contributed by atoms with Crippen LogP contribution in [-0.2, 0) is 14.4 Å². The standard InChI is InChI=1S/C13H11NO6S2/c1-6-2-3-7(20-6)4-9-11(17)14(13(21)22-9)8(12(18)19)5-10(15)16/h2-4,8H,5H2,1H3,(H,15,16)(H,18,19)/b9-4+. The second kappa shape index (κ2) is 6.32. The minimum Gasteiger partial charge on any atom is -0.481 e. The van der Waals surface area contributed by atoms with Gasteiger partial charge in [0.25, 0.3) is 5.91 Å². The molecular formula is C13H11NO6S2. The van der Waals surface area contributed by atoms with E-state index in [9.17, 15) is 14.4 Å². The maximum absolute atomic E-state index is 12.3. The van der Waals surface area contributed by atoms with Crippen LogP contribution in [0.15, 0.2) is 21.5 Å². The molecule has 0 radical (unpaired) electrons. The van der Waals surface area contributed by atoms with E-state index in [4.69, 9.17) is 26.8 Å². The van der Waals surface area contributed by atoms with Crippen molar-refractivity contribution in [2.75, 3.05) is 0 Å².